The van der Waals surface area contributed by atoms with Crippen molar-refractivity contribution in [3.63, 3.8) is 0 Å². The maximum atomic E-state index is 11.9. The zero-order chi connectivity index (χ0) is 15.9. The van der Waals surface area contributed by atoms with E-state index in [9.17, 15) is 4.79 Å². The minimum Gasteiger partial charge on any atom is -0.494 e. The van der Waals surface area contributed by atoms with Crippen LogP contribution in [0.3, 0.4) is 0 Å². The van der Waals surface area contributed by atoms with Crippen molar-refractivity contribution in [2.24, 2.45) is 0 Å². The molecule has 2 aromatic carbocycles. The summed E-state index contributed by atoms with van der Waals surface area (Å²) in [5.74, 6) is 0.658. The van der Waals surface area contributed by atoms with Crippen LogP contribution in [0.15, 0.2) is 53.0 Å². The highest BCUT2D eigenvalue weighted by Crippen LogP contribution is 2.23. The summed E-state index contributed by atoms with van der Waals surface area (Å²) >= 11 is 3.44. The normalized spacial score (nSPS) is 10.7. The summed E-state index contributed by atoms with van der Waals surface area (Å²) in [5, 5.41) is 2.84. The molecule has 0 bridgehead atoms. The lowest BCUT2D eigenvalue weighted by Crippen LogP contribution is -2.08. The van der Waals surface area contributed by atoms with Gasteiger partial charge < -0.3 is 10.1 Å². The van der Waals surface area contributed by atoms with Crippen LogP contribution in [0.1, 0.15) is 18.1 Å². The third kappa shape index (κ3) is 4.74. The van der Waals surface area contributed by atoms with E-state index in [1.165, 1.54) is 6.08 Å². The molecule has 0 aromatic heterocycles. The molecule has 2 aromatic rings. The first-order valence-corrected chi connectivity index (χ1v) is 7.86. The molecule has 0 atom stereocenters. The molecule has 0 aliphatic rings. The van der Waals surface area contributed by atoms with E-state index < -0.39 is 0 Å². The number of hydrogen-bond donors (Lipinski definition) is 1. The van der Waals surface area contributed by atoms with Gasteiger partial charge in [0.25, 0.3) is 0 Å². The van der Waals surface area contributed by atoms with Crippen LogP contribution < -0.4 is 10.1 Å². The number of nitrogens with one attached hydrogen (secondary N) is 1. The van der Waals surface area contributed by atoms with Gasteiger partial charge in [0, 0.05) is 10.5 Å². The molecule has 3 nitrogen and oxygen atoms in total. The number of rotatable bonds is 5. The number of benzene rings is 2. The van der Waals surface area contributed by atoms with Crippen LogP contribution in [0.4, 0.5) is 5.69 Å². The van der Waals surface area contributed by atoms with Crippen molar-refractivity contribution in [2.45, 2.75) is 13.8 Å². The van der Waals surface area contributed by atoms with E-state index in [2.05, 4.69) is 21.2 Å². The van der Waals surface area contributed by atoms with Gasteiger partial charge in [0.1, 0.15) is 5.75 Å². The molecule has 114 valence electrons. The second kappa shape index (κ2) is 7.80. The fourth-order valence-electron chi connectivity index (χ4n) is 1.91. The van der Waals surface area contributed by atoms with Crippen molar-refractivity contribution in [1.82, 2.24) is 0 Å². The largest absolute Gasteiger partial charge is 0.494 e. The molecular formula is C18H18BrNO2. The second-order valence-corrected chi connectivity index (χ2v) is 5.66. The van der Waals surface area contributed by atoms with Crippen molar-refractivity contribution in [3.05, 3.63) is 64.1 Å². The average molecular weight is 360 g/mol. The number of ether oxygens (including phenoxy) is 1. The van der Waals surface area contributed by atoms with Gasteiger partial charge in [0.05, 0.1) is 12.3 Å². The molecule has 22 heavy (non-hydrogen) atoms. The number of hydrogen-bond acceptors (Lipinski definition) is 2. The summed E-state index contributed by atoms with van der Waals surface area (Å²) in [4.78, 5) is 11.9. The second-order valence-electron chi connectivity index (χ2n) is 4.81. The predicted octanol–water partition coefficient (Wildman–Crippen LogP) is 4.81. The van der Waals surface area contributed by atoms with Gasteiger partial charge in [-0.05, 0) is 71.2 Å². The zero-order valence-corrected chi connectivity index (χ0v) is 14.2. The van der Waals surface area contributed by atoms with Crippen LogP contribution in [-0.2, 0) is 4.79 Å². The lowest BCUT2D eigenvalue weighted by molar-refractivity contribution is -0.111. The summed E-state index contributed by atoms with van der Waals surface area (Å²) in [7, 11) is 0. The Kier molecular flexibility index (Phi) is 5.78. The molecule has 0 heterocycles. The topological polar surface area (TPSA) is 38.3 Å². The van der Waals surface area contributed by atoms with Crippen molar-refractivity contribution < 1.29 is 9.53 Å². The van der Waals surface area contributed by atoms with Crippen LogP contribution >= 0.6 is 15.9 Å². The summed E-state index contributed by atoms with van der Waals surface area (Å²) in [5.41, 5.74) is 2.84. The van der Waals surface area contributed by atoms with Crippen molar-refractivity contribution in [3.8, 4) is 5.75 Å². The van der Waals surface area contributed by atoms with Crippen LogP contribution in [0.25, 0.3) is 6.08 Å². The molecule has 2 rings (SSSR count). The highest BCUT2D eigenvalue weighted by Gasteiger charge is 2.02. The molecule has 0 unspecified atom stereocenters. The molecule has 0 aliphatic heterocycles. The van der Waals surface area contributed by atoms with Gasteiger partial charge in [-0.1, -0.05) is 18.2 Å². The van der Waals surface area contributed by atoms with Crippen LogP contribution in [-0.4, -0.2) is 12.5 Å². The maximum Gasteiger partial charge on any atom is 0.248 e. The highest BCUT2D eigenvalue weighted by molar-refractivity contribution is 9.10. The lowest BCUT2D eigenvalue weighted by Gasteiger charge is -2.06. The number of carbonyl (C=O) groups excluding carboxylic acids is 1. The number of aryl methyl sites for hydroxylation is 1. The Bertz CT molecular complexity index is 678. The predicted molar refractivity (Wildman–Crippen MR) is 94.2 cm³/mol. The molecule has 4 heteroatoms. The first-order valence-electron chi connectivity index (χ1n) is 7.06. The molecule has 0 aliphatic carbocycles. The van der Waals surface area contributed by atoms with Gasteiger partial charge in [-0.25, -0.2) is 0 Å². The van der Waals surface area contributed by atoms with E-state index in [4.69, 9.17) is 4.74 Å². The van der Waals surface area contributed by atoms with Crippen molar-refractivity contribution >= 4 is 33.6 Å². The fraction of sp³-hybridized carbons (Fsp3) is 0.167. The summed E-state index contributed by atoms with van der Waals surface area (Å²) in [6.45, 7) is 4.59. The van der Waals surface area contributed by atoms with Crippen LogP contribution in [0, 0.1) is 6.92 Å². The third-order valence-corrected chi connectivity index (χ3v) is 3.66. The first kappa shape index (κ1) is 16.3. The molecular weight excluding hydrogens is 342 g/mol. The molecule has 0 saturated carbocycles. The van der Waals surface area contributed by atoms with Gasteiger partial charge in [-0.15, -0.1) is 0 Å². The highest BCUT2D eigenvalue weighted by atomic mass is 79.9. The van der Waals surface area contributed by atoms with Gasteiger partial charge in [-0.3, -0.25) is 4.79 Å². The van der Waals surface area contributed by atoms with Crippen molar-refractivity contribution in [1.29, 1.82) is 0 Å². The molecule has 0 radical (unpaired) electrons. The number of amides is 1. The molecule has 1 amide bonds. The Labute approximate surface area is 139 Å². The van der Waals surface area contributed by atoms with Gasteiger partial charge in [0.2, 0.25) is 5.91 Å². The molecule has 0 saturated heterocycles. The molecule has 0 spiro atoms. The quantitative estimate of drug-likeness (QED) is 0.778. The Hall–Kier alpha value is -2.07. The summed E-state index contributed by atoms with van der Waals surface area (Å²) in [6.07, 6.45) is 3.29. The number of anilines is 1. The number of halogens is 1. The van der Waals surface area contributed by atoms with E-state index in [1.807, 2.05) is 56.3 Å². The van der Waals surface area contributed by atoms with E-state index >= 15 is 0 Å². The Morgan fingerprint density at radius 3 is 2.59 bits per heavy atom. The van der Waals surface area contributed by atoms with Crippen molar-refractivity contribution in [2.75, 3.05) is 11.9 Å². The first-order chi connectivity index (χ1) is 10.6. The standard InChI is InChI=1S/C18H18BrNO2/c1-3-22-15-8-5-14(6-9-15)7-11-18(21)20-17-10-4-13(2)12-16(17)19/h4-12H,3H2,1-2H3,(H,20,21). The lowest BCUT2D eigenvalue weighted by atomic mass is 10.2. The van der Waals surface area contributed by atoms with Gasteiger partial charge in [-0.2, -0.15) is 0 Å². The van der Waals surface area contributed by atoms with Gasteiger partial charge in [0.15, 0.2) is 0 Å². The molecule has 1 N–H and O–H groups in total. The summed E-state index contributed by atoms with van der Waals surface area (Å²) in [6, 6.07) is 13.4. The van der Waals surface area contributed by atoms with Crippen LogP contribution in [0.2, 0.25) is 0 Å². The Balaban J connectivity index is 1.98. The average Bonchev–Trinajstić information content (AvgIpc) is 2.50. The Morgan fingerprint density at radius 1 is 1.23 bits per heavy atom. The Morgan fingerprint density at radius 2 is 1.95 bits per heavy atom. The monoisotopic (exact) mass is 359 g/mol. The van der Waals surface area contributed by atoms with E-state index in [1.54, 1.807) is 6.08 Å². The molecule has 0 fully saturated rings. The van der Waals surface area contributed by atoms with Gasteiger partial charge >= 0.3 is 0 Å². The summed E-state index contributed by atoms with van der Waals surface area (Å²) < 4.78 is 6.25. The maximum absolute atomic E-state index is 11.9. The minimum atomic E-state index is -0.168. The zero-order valence-electron chi connectivity index (χ0n) is 12.6. The smallest absolute Gasteiger partial charge is 0.248 e. The number of carbonyl (C=O) groups is 1. The van der Waals surface area contributed by atoms with E-state index in [-0.39, 0.29) is 5.91 Å². The van der Waals surface area contributed by atoms with E-state index in [0.717, 1.165) is 27.0 Å². The SMILES string of the molecule is CCOc1ccc(C=CC(=O)Nc2ccc(C)cc2Br)cc1. The van der Waals surface area contributed by atoms with E-state index in [0.29, 0.717) is 6.61 Å². The third-order valence-electron chi connectivity index (χ3n) is 3.00. The van der Waals surface area contributed by atoms with Crippen LogP contribution in [0.5, 0.6) is 5.75 Å². The fourth-order valence-corrected chi connectivity index (χ4v) is 2.50. The minimum absolute atomic E-state index is 0.168.